The molecule has 3 heterocycles. The van der Waals surface area contributed by atoms with E-state index in [1.54, 1.807) is 30.3 Å². The van der Waals surface area contributed by atoms with E-state index >= 15 is 0 Å². The lowest BCUT2D eigenvalue weighted by atomic mass is 9.99. The second kappa shape index (κ2) is 53.3. The number of rotatable bonds is 58. The fourth-order valence-electron chi connectivity index (χ4n) is 12.5. The quantitative estimate of drug-likeness (QED) is 0.0111. The number of carbonyl (C=O) groups is 20. The molecule has 0 saturated heterocycles. The molecule has 52 heteroatoms. The maximum Gasteiger partial charge on any atom is 0.326 e. The number of aromatic amines is 2. The Morgan fingerprint density at radius 2 is 0.892 bits per heavy atom. The first kappa shape index (κ1) is 105. The number of aliphatic hydroxyl groups is 1. The number of aliphatic hydroxyl groups excluding tert-OH is 1. The SMILES string of the molecule is CC(C)[C@H](NC(=O)[C@@H](CCC(=O)O)NC(=O)[C@@H](Cc1ccc(O)cc1)NC(=O)CNC(=O)[C@@H](CO)NC(=O)[C@@H](CC(=O)O)NC(=O)[C@@H](Cc1c[nH]cn1)NC(=O)[C@@H](CCCNC(=N)N)NC(=O)[C@@H](Cc1ccccc1)NC(=O)[C@@H](CCC(=O)O)NC(=O)[C@@H](C)NC(=O)[C@H](N)CC(=O)O)C(=O)N[C@@H](CC1CNC=N1)C(=O)N[C@@H](Cc1c[nH]cn1)C(=O)N[C@@H](CCC(N)=O)C(=O)O. The molecule has 1 aliphatic rings. The standard InChI is InChI=1S/C78H109N25O27/c1-37(2)63(76(128)101-54(26-43-31-85-36-90-43)74(126)99-52(24-41-29-83-34-88-41)72(124)96-49(77(129)130)15-18-57(80)106)103-69(121)48(17-20-60(110)111)95-70(122)50(23-40-11-13-44(105)14-12-40)92-58(107)32-87-66(118)56(33-104)102-75(127)55(28-62(114)115)100-73(125)53(25-42-30-84-35-89-42)98-67(119)46(10-7-21-86-78(81)82)94-71(123)51(22-39-8-5-4-6-9-39)97-68(120)47(16-19-59(108)109)93-64(116)38(3)91-65(117)45(79)27-61(112)113/h4-6,8-9,11-14,29-30,34-38,43,45-56,63,104-105H,7,10,15-28,31-33,79H2,1-3H3,(H2,80,106)(H,83,88)(H,84,89)(H,85,90)(H,87,118)(H,91,117)(H,92,107)(H,93,116)(H,94,123)(H,95,122)(H,96,124)(H,97,120)(H,98,119)(H,99,126)(H,100,125)(H,101,128)(H,102,127)(H,103,121)(H,108,109)(H,110,111)(H,112,113)(H,114,115)(H,129,130)(H4,81,82,86)/t38-,43?,45-,46-,47-,48-,49+,50-,51-,52+,53-,54+,55-,56-,63+/m1/s1. The number of guanidine groups is 1. The van der Waals surface area contributed by atoms with Crippen molar-refractivity contribution in [3.63, 3.8) is 0 Å². The Hall–Kier alpha value is -15.3. The summed E-state index contributed by atoms with van der Waals surface area (Å²) in [6.07, 6.45) is -1.77. The van der Waals surface area contributed by atoms with Gasteiger partial charge in [0.05, 0.1) is 68.5 Å². The highest BCUT2D eigenvalue weighted by molar-refractivity contribution is 6.01. The number of carboxylic acids is 5. The zero-order chi connectivity index (χ0) is 96.4. The number of amides is 15. The first-order chi connectivity index (χ1) is 61.5. The molecule has 32 N–H and O–H groups in total. The topological polar surface area (TPSA) is 847 Å². The molecule has 0 saturated carbocycles. The molecule has 52 nitrogen and oxygen atoms in total. The summed E-state index contributed by atoms with van der Waals surface area (Å²) in [5.74, 6) is -26.5. The van der Waals surface area contributed by atoms with Crippen molar-refractivity contribution in [2.75, 3.05) is 26.2 Å². The molecule has 0 aliphatic carbocycles. The van der Waals surface area contributed by atoms with Crippen molar-refractivity contribution in [2.24, 2.45) is 28.1 Å². The Kier molecular flexibility index (Phi) is 43.1. The number of carboxylic acid groups (broad SMARTS) is 5. The van der Waals surface area contributed by atoms with Crippen LogP contribution in [0.15, 0.2) is 84.6 Å². The van der Waals surface area contributed by atoms with Gasteiger partial charge in [-0.1, -0.05) is 56.3 Å². The summed E-state index contributed by atoms with van der Waals surface area (Å²) in [5, 5.41) is 115. The molecule has 4 aromatic rings. The van der Waals surface area contributed by atoms with E-state index in [1.165, 1.54) is 69.5 Å². The van der Waals surface area contributed by atoms with Gasteiger partial charge in [0.15, 0.2) is 5.96 Å². The van der Waals surface area contributed by atoms with Crippen molar-refractivity contribution in [3.8, 4) is 5.75 Å². The molecular formula is C78H109N25O27. The molecule has 0 fully saturated rings. The predicted octanol–water partition coefficient (Wildman–Crippen LogP) is -9.79. The monoisotopic (exact) mass is 1830 g/mol. The van der Waals surface area contributed by atoms with Crippen LogP contribution >= 0.6 is 0 Å². The lowest BCUT2D eigenvalue weighted by molar-refractivity contribution is -0.143. The molecule has 0 bridgehead atoms. The maximum atomic E-state index is 14.7. The summed E-state index contributed by atoms with van der Waals surface area (Å²) >= 11 is 0. The van der Waals surface area contributed by atoms with Gasteiger partial charge >= 0.3 is 29.8 Å². The zero-order valence-corrected chi connectivity index (χ0v) is 70.6. The average molecular weight is 1830 g/mol. The van der Waals surface area contributed by atoms with Gasteiger partial charge in [-0.2, -0.15) is 0 Å². The third-order valence-corrected chi connectivity index (χ3v) is 19.5. The molecule has 15 amide bonds. The van der Waals surface area contributed by atoms with Crippen molar-refractivity contribution in [1.29, 1.82) is 5.41 Å². The van der Waals surface area contributed by atoms with E-state index in [-0.39, 0.29) is 67.9 Å². The fraction of sp³-hybridized carbons (Fsp3) is 0.487. The molecule has 1 unspecified atom stereocenters. The molecule has 2 aromatic carbocycles. The van der Waals surface area contributed by atoms with Gasteiger partial charge in [-0.25, -0.2) is 14.8 Å². The van der Waals surface area contributed by atoms with Crippen molar-refractivity contribution >= 4 is 131 Å². The van der Waals surface area contributed by atoms with Crippen LogP contribution in [0.3, 0.4) is 0 Å². The lowest BCUT2D eigenvalue weighted by Crippen LogP contribution is -2.61. The smallest absolute Gasteiger partial charge is 0.326 e. The van der Waals surface area contributed by atoms with Crippen molar-refractivity contribution in [3.05, 3.63) is 102 Å². The van der Waals surface area contributed by atoms with E-state index < -0.39 is 298 Å². The number of primary amides is 1. The summed E-state index contributed by atoms with van der Waals surface area (Å²) < 4.78 is 0. The molecule has 1 aliphatic heterocycles. The number of aromatic nitrogens is 4. The molecule has 0 radical (unpaired) electrons. The van der Waals surface area contributed by atoms with Gasteiger partial charge in [-0.05, 0) is 68.2 Å². The summed E-state index contributed by atoms with van der Waals surface area (Å²) in [4.78, 5) is 287. The van der Waals surface area contributed by atoms with E-state index in [0.29, 0.717) is 5.56 Å². The lowest BCUT2D eigenvalue weighted by Gasteiger charge is -2.29. The number of hydrogen-bond acceptors (Lipinski definition) is 28. The van der Waals surface area contributed by atoms with Gasteiger partial charge in [0.25, 0.3) is 0 Å². The highest BCUT2D eigenvalue weighted by Gasteiger charge is 2.40. The van der Waals surface area contributed by atoms with Gasteiger partial charge in [0.2, 0.25) is 88.6 Å². The average Bonchev–Trinajstić information content (AvgIpc) is 0.971. The predicted molar refractivity (Wildman–Crippen MR) is 449 cm³/mol. The van der Waals surface area contributed by atoms with Crippen molar-refractivity contribution in [1.82, 2.24) is 105 Å². The van der Waals surface area contributed by atoms with Crippen LogP contribution in [0, 0.1) is 11.3 Å². The molecule has 15 atom stereocenters. The minimum atomic E-state index is -2.19. The maximum absolute atomic E-state index is 14.7. The van der Waals surface area contributed by atoms with Crippen LogP contribution in [0.1, 0.15) is 114 Å². The first-order valence-corrected chi connectivity index (χ1v) is 40.6. The third kappa shape index (κ3) is 37.9. The second-order valence-electron chi connectivity index (χ2n) is 30.3. The van der Waals surface area contributed by atoms with Crippen LogP contribution in [0.2, 0.25) is 0 Å². The molecule has 5 rings (SSSR count). The number of aliphatic imine (C=N–C) groups is 1. The number of carbonyl (C=O) groups excluding carboxylic acids is 15. The second-order valence-corrected chi connectivity index (χ2v) is 30.3. The number of phenols is 1. The van der Waals surface area contributed by atoms with E-state index in [1.807, 2.05) is 0 Å². The number of nitrogens with one attached hydrogen (secondary N) is 19. The van der Waals surface area contributed by atoms with E-state index in [4.69, 9.17) is 27.7 Å². The molecule has 708 valence electrons. The Balaban J connectivity index is 1.35. The number of phenolic OH excluding ortho intramolecular Hbond substituents is 1. The summed E-state index contributed by atoms with van der Waals surface area (Å²) in [7, 11) is 0. The molecule has 2 aromatic heterocycles. The highest BCUT2D eigenvalue weighted by Crippen LogP contribution is 2.17. The first-order valence-electron chi connectivity index (χ1n) is 40.6. The number of nitrogens with zero attached hydrogens (tertiary/aromatic N) is 3. The normalized spacial score (nSPS) is 15.2. The van der Waals surface area contributed by atoms with Crippen LogP contribution < -0.4 is 102 Å². The van der Waals surface area contributed by atoms with Crippen molar-refractivity contribution < 1.29 is 132 Å². The Labute approximate surface area is 740 Å². The van der Waals surface area contributed by atoms with E-state index in [9.17, 15) is 127 Å². The minimum absolute atomic E-state index is 0.0522. The van der Waals surface area contributed by atoms with Crippen LogP contribution in [0.5, 0.6) is 5.75 Å². The zero-order valence-electron chi connectivity index (χ0n) is 70.6. The van der Waals surface area contributed by atoms with Crippen LogP contribution in [0.25, 0.3) is 0 Å². The number of aromatic hydroxyl groups is 1. The van der Waals surface area contributed by atoms with Gasteiger partial charge in [-0.3, -0.25) is 101 Å². The van der Waals surface area contributed by atoms with Gasteiger partial charge < -0.3 is 148 Å². The number of nitrogens with two attached hydrogens (primary N) is 3. The number of aliphatic carboxylic acids is 5. The number of imidazole rings is 2. The highest BCUT2D eigenvalue weighted by atomic mass is 16.4. The van der Waals surface area contributed by atoms with E-state index in [2.05, 4.69) is 110 Å². The number of benzene rings is 2. The summed E-state index contributed by atoms with van der Waals surface area (Å²) in [5.41, 5.74) is 17.2. The molecule has 0 spiro atoms. The van der Waals surface area contributed by atoms with E-state index in [0.717, 1.165) is 6.92 Å². The van der Waals surface area contributed by atoms with Crippen molar-refractivity contribution in [2.45, 2.75) is 208 Å². The molecular weight excluding hydrogens is 1720 g/mol. The van der Waals surface area contributed by atoms with Crippen LogP contribution in [-0.2, 0) is 122 Å². The van der Waals surface area contributed by atoms with Gasteiger partial charge in [0.1, 0.15) is 84.3 Å². The Morgan fingerprint density at radius 1 is 0.454 bits per heavy atom. The Bertz CT molecular complexity index is 4660. The van der Waals surface area contributed by atoms with Crippen LogP contribution in [-0.4, -0.2) is 303 Å². The van der Waals surface area contributed by atoms with Gasteiger partial charge in [-0.15, -0.1) is 0 Å². The fourth-order valence-corrected chi connectivity index (χ4v) is 12.5. The minimum Gasteiger partial charge on any atom is -0.508 e. The van der Waals surface area contributed by atoms with Crippen LogP contribution in [0.4, 0.5) is 0 Å². The number of hydrogen-bond donors (Lipinski definition) is 29. The van der Waals surface area contributed by atoms with Gasteiger partial charge in [0, 0.05) is 76.8 Å². The Morgan fingerprint density at radius 3 is 1.36 bits per heavy atom. The third-order valence-electron chi connectivity index (χ3n) is 19.5. The largest absolute Gasteiger partial charge is 0.508 e. The molecule has 130 heavy (non-hydrogen) atoms. The number of H-pyrrole nitrogens is 2. The summed E-state index contributed by atoms with van der Waals surface area (Å²) in [6.45, 7) is 1.74. The summed E-state index contributed by atoms with van der Waals surface area (Å²) in [6, 6.07) is -12.2.